The number of ketones is 1. The molecule has 2 nitrogen and oxygen atoms in total. The molecular formula is C13H17ClO2. The summed E-state index contributed by atoms with van der Waals surface area (Å²) < 4.78 is 5.15. The zero-order chi connectivity index (χ0) is 12.5. The predicted octanol–water partition coefficient (Wildman–Crippen LogP) is 3.85. The number of rotatable bonds is 2. The smallest absolute Gasteiger partial charge is 0.163 e. The van der Waals surface area contributed by atoms with E-state index in [1.165, 1.54) is 14.0 Å². The first-order valence-corrected chi connectivity index (χ1v) is 5.54. The second kappa shape index (κ2) is 4.46. The topological polar surface area (TPSA) is 26.3 Å². The number of halogens is 1. The van der Waals surface area contributed by atoms with Gasteiger partial charge in [0.2, 0.25) is 0 Å². The standard InChI is InChI=1S/C13H17ClO2/c1-8(15)10-6-9(13(2,3)4)7-11(14)12(10)16-5/h6-7H,1-5H3. The fraction of sp³-hybridized carbons (Fsp3) is 0.462. The van der Waals surface area contributed by atoms with Gasteiger partial charge in [0.25, 0.3) is 0 Å². The summed E-state index contributed by atoms with van der Waals surface area (Å²) in [5.74, 6) is 0.423. The molecule has 0 aliphatic carbocycles. The van der Waals surface area contributed by atoms with Crippen molar-refractivity contribution in [3.8, 4) is 5.75 Å². The minimum Gasteiger partial charge on any atom is -0.494 e. The van der Waals surface area contributed by atoms with Crippen LogP contribution in [0.15, 0.2) is 12.1 Å². The highest BCUT2D eigenvalue weighted by atomic mass is 35.5. The first-order valence-electron chi connectivity index (χ1n) is 5.16. The molecular weight excluding hydrogens is 224 g/mol. The van der Waals surface area contributed by atoms with Crippen LogP contribution in [0.4, 0.5) is 0 Å². The van der Waals surface area contributed by atoms with Crippen LogP contribution in [-0.2, 0) is 5.41 Å². The van der Waals surface area contributed by atoms with Crippen LogP contribution in [0.1, 0.15) is 43.6 Å². The number of methoxy groups -OCH3 is 1. The summed E-state index contributed by atoms with van der Waals surface area (Å²) in [6.07, 6.45) is 0. The van der Waals surface area contributed by atoms with E-state index in [2.05, 4.69) is 20.8 Å². The lowest BCUT2D eigenvalue weighted by Crippen LogP contribution is -2.13. The SMILES string of the molecule is COc1c(Cl)cc(C(C)(C)C)cc1C(C)=O. The summed E-state index contributed by atoms with van der Waals surface area (Å²) in [6, 6.07) is 3.71. The molecule has 0 spiro atoms. The van der Waals surface area contributed by atoms with Crippen LogP contribution >= 0.6 is 11.6 Å². The van der Waals surface area contributed by atoms with Crippen molar-refractivity contribution in [2.75, 3.05) is 7.11 Å². The number of carbonyl (C=O) groups is 1. The van der Waals surface area contributed by atoms with Crippen LogP contribution < -0.4 is 4.74 Å². The summed E-state index contributed by atoms with van der Waals surface area (Å²) in [5, 5.41) is 0.486. The predicted molar refractivity (Wildman–Crippen MR) is 66.7 cm³/mol. The molecule has 0 saturated heterocycles. The molecule has 0 atom stereocenters. The van der Waals surface area contributed by atoms with Gasteiger partial charge < -0.3 is 4.74 Å². The largest absolute Gasteiger partial charge is 0.494 e. The first-order chi connectivity index (χ1) is 7.27. The Labute approximate surface area is 102 Å². The number of hydrogen-bond acceptors (Lipinski definition) is 2. The molecule has 3 heteroatoms. The van der Waals surface area contributed by atoms with E-state index >= 15 is 0 Å². The molecule has 0 heterocycles. The fourth-order valence-electron chi connectivity index (χ4n) is 1.50. The molecule has 0 aliphatic rings. The molecule has 0 amide bonds. The molecule has 0 aliphatic heterocycles. The lowest BCUT2D eigenvalue weighted by molar-refractivity contribution is 0.101. The van der Waals surface area contributed by atoms with Crippen molar-refractivity contribution < 1.29 is 9.53 Å². The molecule has 1 aromatic rings. The van der Waals surface area contributed by atoms with E-state index in [0.717, 1.165) is 5.56 Å². The number of carbonyl (C=O) groups excluding carboxylic acids is 1. The van der Waals surface area contributed by atoms with Crippen LogP contribution in [-0.4, -0.2) is 12.9 Å². The van der Waals surface area contributed by atoms with Gasteiger partial charge in [0.1, 0.15) is 5.75 Å². The average Bonchev–Trinajstić information content (AvgIpc) is 2.14. The van der Waals surface area contributed by atoms with E-state index in [4.69, 9.17) is 16.3 Å². The maximum Gasteiger partial charge on any atom is 0.163 e. The maximum atomic E-state index is 11.5. The average molecular weight is 241 g/mol. The third kappa shape index (κ3) is 2.56. The van der Waals surface area contributed by atoms with Crippen LogP contribution in [0.25, 0.3) is 0 Å². The molecule has 88 valence electrons. The Bertz CT molecular complexity index is 417. The van der Waals surface area contributed by atoms with Gasteiger partial charge in [-0.15, -0.1) is 0 Å². The second-order valence-corrected chi connectivity index (χ2v) is 5.25. The van der Waals surface area contributed by atoms with Crippen molar-refractivity contribution in [2.45, 2.75) is 33.1 Å². The quantitative estimate of drug-likeness (QED) is 0.734. The number of hydrogen-bond donors (Lipinski definition) is 0. The Kier molecular flexibility index (Phi) is 3.64. The lowest BCUT2D eigenvalue weighted by Gasteiger charge is -2.21. The Balaban J connectivity index is 3.46. The summed E-state index contributed by atoms with van der Waals surface area (Å²) >= 11 is 6.11. The number of ether oxygens (including phenoxy) is 1. The Morgan fingerprint density at radius 1 is 1.31 bits per heavy atom. The first kappa shape index (κ1) is 13.0. The minimum atomic E-state index is -0.0416. The summed E-state index contributed by atoms with van der Waals surface area (Å²) in [6.45, 7) is 7.75. The normalized spacial score (nSPS) is 11.4. The minimum absolute atomic E-state index is 0.0372. The maximum absolute atomic E-state index is 11.5. The van der Waals surface area contributed by atoms with Gasteiger partial charge in [-0.05, 0) is 30.0 Å². The van der Waals surface area contributed by atoms with Gasteiger partial charge in [0, 0.05) is 0 Å². The Morgan fingerprint density at radius 2 is 1.88 bits per heavy atom. The second-order valence-electron chi connectivity index (χ2n) is 4.85. The monoisotopic (exact) mass is 240 g/mol. The van der Waals surface area contributed by atoms with E-state index in [1.807, 2.05) is 12.1 Å². The third-order valence-electron chi connectivity index (χ3n) is 2.49. The van der Waals surface area contributed by atoms with Crippen molar-refractivity contribution in [3.05, 3.63) is 28.3 Å². The van der Waals surface area contributed by atoms with Crippen LogP contribution in [0, 0.1) is 0 Å². The molecule has 0 saturated carbocycles. The zero-order valence-electron chi connectivity index (χ0n) is 10.3. The van der Waals surface area contributed by atoms with Crippen molar-refractivity contribution in [2.24, 2.45) is 0 Å². The number of Topliss-reactive ketones (excluding diaryl/α,β-unsaturated/α-hetero) is 1. The molecule has 1 aromatic carbocycles. The molecule has 0 unspecified atom stereocenters. The van der Waals surface area contributed by atoms with Crippen molar-refractivity contribution >= 4 is 17.4 Å². The van der Waals surface area contributed by atoms with Gasteiger partial charge in [-0.1, -0.05) is 32.4 Å². The van der Waals surface area contributed by atoms with Gasteiger partial charge in [0.15, 0.2) is 5.78 Å². The van der Waals surface area contributed by atoms with Crippen molar-refractivity contribution in [3.63, 3.8) is 0 Å². The molecule has 0 N–H and O–H groups in total. The van der Waals surface area contributed by atoms with Crippen LogP contribution in [0.3, 0.4) is 0 Å². The van der Waals surface area contributed by atoms with Crippen molar-refractivity contribution in [1.29, 1.82) is 0 Å². The third-order valence-corrected chi connectivity index (χ3v) is 2.77. The zero-order valence-corrected chi connectivity index (χ0v) is 11.1. The Morgan fingerprint density at radius 3 is 2.25 bits per heavy atom. The molecule has 0 fully saturated rings. The molecule has 0 bridgehead atoms. The van der Waals surface area contributed by atoms with Crippen molar-refractivity contribution in [1.82, 2.24) is 0 Å². The Hall–Kier alpha value is -1.02. The van der Waals surface area contributed by atoms with Crippen LogP contribution in [0.5, 0.6) is 5.75 Å². The molecule has 16 heavy (non-hydrogen) atoms. The highest BCUT2D eigenvalue weighted by Crippen LogP contribution is 2.34. The fourth-order valence-corrected chi connectivity index (χ4v) is 1.79. The molecule has 0 aromatic heterocycles. The summed E-state index contributed by atoms with van der Waals surface area (Å²) in [5.41, 5.74) is 1.53. The van der Waals surface area contributed by atoms with Gasteiger partial charge in [0.05, 0.1) is 17.7 Å². The van der Waals surface area contributed by atoms with Crippen LogP contribution in [0.2, 0.25) is 5.02 Å². The van der Waals surface area contributed by atoms with Gasteiger partial charge >= 0.3 is 0 Å². The van der Waals surface area contributed by atoms with E-state index in [1.54, 1.807) is 0 Å². The van der Waals surface area contributed by atoms with E-state index in [0.29, 0.717) is 16.3 Å². The number of benzene rings is 1. The lowest BCUT2D eigenvalue weighted by atomic mass is 9.85. The highest BCUT2D eigenvalue weighted by Gasteiger charge is 2.20. The van der Waals surface area contributed by atoms with Gasteiger partial charge in [-0.2, -0.15) is 0 Å². The molecule has 1 rings (SSSR count). The summed E-state index contributed by atoms with van der Waals surface area (Å²) in [4.78, 5) is 11.5. The highest BCUT2D eigenvalue weighted by molar-refractivity contribution is 6.32. The van der Waals surface area contributed by atoms with E-state index in [-0.39, 0.29) is 11.2 Å². The summed E-state index contributed by atoms with van der Waals surface area (Å²) in [7, 11) is 1.52. The van der Waals surface area contributed by atoms with Gasteiger partial charge in [-0.25, -0.2) is 0 Å². The van der Waals surface area contributed by atoms with E-state index < -0.39 is 0 Å². The molecule has 0 radical (unpaired) electrons. The van der Waals surface area contributed by atoms with E-state index in [9.17, 15) is 4.79 Å². The van der Waals surface area contributed by atoms with Gasteiger partial charge in [-0.3, -0.25) is 4.79 Å².